The third kappa shape index (κ3) is 2.07. The minimum Gasteiger partial charge on any atom is -0.399 e. The molecule has 0 N–H and O–H groups in total. The van der Waals surface area contributed by atoms with Gasteiger partial charge in [-0.15, -0.1) is 0 Å². The number of pyridine rings is 1. The molecule has 2 heterocycles. The Labute approximate surface area is 116 Å². The Morgan fingerprint density at radius 1 is 1.22 bits per heavy atom. The topological polar surface area (TPSA) is 55.1 Å². The van der Waals surface area contributed by atoms with E-state index in [1.54, 1.807) is 6.20 Å². The Kier molecular flexibility index (Phi) is 3.26. The van der Waals surface area contributed by atoms with E-state index in [0.29, 0.717) is 11.0 Å². The smallest absolute Gasteiger partial charge is 0.399 e. The quantitative estimate of drug-likeness (QED) is 0.745. The lowest BCUT2D eigenvalue weighted by Gasteiger charge is -2.32. The monoisotopic (exact) mass is 308 g/mol. The molecule has 0 unspecified atom stereocenters. The Bertz CT molecular complexity index is 509. The molecule has 1 aliphatic rings. The van der Waals surface area contributed by atoms with E-state index in [9.17, 15) is 0 Å². The lowest BCUT2D eigenvalue weighted by molar-refractivity contribution is 0.00578. The SMILES string of the molecule is CC1(C)OB(c2c(Br)cncc2C#N)OC1(C)C. The van der Waals surface area contributed by atoms with Gasteiger partial charge in [0, 0.05) is 22.3 Å². The van der Waals surface area contributed by atoms with Gasteiger partial charge in [0.2, 0.25) is 0 Å². The minimum atomic E-state index is -0.554. The van der Waals surface area contributed by atoms with Gasteiger partial charge in [0.15, 0.2) is 0 Å². The van der Waals surface area contributed by atoms with Gasteiger partial charge >= 0.3 is 7.12 Å². The van der Waals surface area contributed by atoms with Gasteiger partial charge < -0.3 is 9.31 Å². The van der Waals surface area contributed by atoms with Crippen LogP contribution >= 0.6 is 15.9 Å². The molecule has 0 aliphatic carbocycles. The second-order valence-electron chi connectivity index (χ2n) is 5.28. The lowest BCUT2D eigenvalue weighted by Crippen LogP contribution is -2.41. The molecule has 1 aromatic heterocycles. The number of rotatable bonds is 1. The van der Waals surface area contributed by atoms with Gasteiger partial charge in [0.05, 0.1) is 16.8 Å². The average molecular weight is 309 g/mol. The van der Waals surface area contributed by atoms with Crippen LogP contribution in [0.4, 0.5) is 0 Å². The molecule has 0 saturated carbocycles. The van der Waals surface area contributed by atoms with Crippen molar-refractivity contribution in [1.82, 2.24) is 4.98 Å². The van der Waals surface area contributed by atoms with E-state index in [1.807, 2.05) is 27.7 Å². The third-order valence-corrected chi connectivity index (χ3v) is 4.18. The van der Waals surface area contributed by atoms with Crippen LogP contribution < -0.4 is 5.46 Å². The fourth-order valence-corrected chi connectivity index (χ4v) is 2.25. The molecule has 0 bridgehead atoms. The zero-order chi connectivity index (χ0) is 13.6. The second kappa shape index (κ2) is 4.34. The lowest BCUT2D eigenvalue weighted by atomic mass is 9.77. The summed E-state index contributed by atoms with van der Waals surface area (Å²) in [7, 11) is -0.554. The van der Waals surface area contributed by atoms with Crippen LogP contribution in [0, 0.1) is 11.3 Å². The van der Waals surface area contributed by atoms with Crippen LogP contribution in [0.15, 0.2) is 16.9 Å². The molecule has 1 aromatic rings. The highest BCUT2D eigenvalue weighted by Gasteiger charge is 2.52. The van der Waals surface area contributed by atoms with E-state index in [1.165, 1.54) is 6.20 Å². The number of aromatic nitrogens is 1. The van der Waals surface area contributed by atoms with Crippen molar-refractivity contribution in [3.05, 3.63) is 22.4 Å². The highest BCUT2D eigenvalue weighted by atomic mass is 79.9. The standard InChI is InChI=1S/C12H14BBrN2O2/c1-11(2)12(3,4)18-13(17-11)10-8(5-15)6-16-7-9(10)14/h6-7H,1-4H3. The first-order valence-corrected chi connectivity index (χ1v) is 6.47. The van der Waals surface area contributed by atoms with Gasteiger partial charge in [-0.05, 0) is 43.6 Å². The third-order valence-electron chi connectivity index (χ3n) is 3.55. The van der Waals surface area contributed by atoms with Crippen LogP contribution in [0.25, 0.3) is 0 Å². The van der Waals surface area contributed by atoms with Crippen LogP contribution in [0.5, 0.6) is 0 Å². The van der Waals surface area contributed by atoms with Crippen molar-refractivity contribution in [3.63, 3.8) is 0 Å². The van der Waals surface area contributed by atoms with Gasteiger partial charge in [-0.3, -0.25) is 4.98 Å². The summed E-state index contributed by atoms with van der Waals surface area (Å²) in [5, 5.41) is 9.14. The Hall–Kier alpha value is -0.895. The maximum Gasteiger partial charge on any atom is 0.497 e. The van der Waals surface area contributed by atoms with Crippen molar-refractivity contribution < 1.29 is 9.31 Å². The van der Waals surface area contributed by atoms with Gasteiger partial charge in [0.25, 0.3) is 0 Å². The molecular weight excluding hydrogens is 295 g/mol. The first kappa shape index (κ1) is 13.5. The first-order valence-electron chi connectivity index (χ1n) is 5.67. The van der Waals surface area contributed by atoms with Crippen molar-refractivity contribution in [1.29, 1.82) is 5.26 Å². The number of halogens is 1. The predicted octanol–water partition coefficient (Wildman–Crippen LogP) is 2.01. The molecular formula is C12H14BBrN2O2. The molecule has 6 heteroatoms. The van der Waals surface area contributed by atoms with E-state index in [2.05, 4.69) is 27.0 Å². The predicted molar refractivity (Wildman–Crippen MR) is 72.4 cm³/mol. The fourth-order valence-electron chi connectivity index (χ4n) is 1.73. The maximum atomic E-state index is 9.14. The second-order valence-corrected chi connectivity index (χ2v) is 6.14. The van der Waals surface area contributed by atoms with E-state index >= 15 is 0 Å². The molecule has 0 spiro atoms. The van der Waals surface area contributed by atoms with Crippen molar-refractivity contribution in [2.45, 2.75) is 38.9 Å². The van der Waals surface area contributed by atoms with Crippen molar-refractivity contribution in [3.8, 4) is 6.07 Å². The Balaban J connectivity index is 2.45. The van der Waals surface area contributed by atoms with Crippen molar-refractivity contribution in [2.75, 3.05) is 0 Å². The fraction of sp³-hybridized carbons (Fsp3) is 0.500. The maximum absolute atomic E-state index is 9.14. The molecule has 1 saturated heterocycles. The summed E-state index contributed by atoms with van der Waals surface area (Å²) in [5.41, 5.74) is 0.314. The van der Waals surface area contributed by atoms with Gasteiger partial charge in [0.1, 0.15) is 6.07 Å². The first-order chi connectivity index (χ1) is 8.28. The highest BCUT2D eigenvalue weighted by Crippen LogP contribution is 2.37. The summed E-state index contributed by atoms with van der Waals surface area (Å²) < 4.78 is 12.6. The molecule has 94 valence electrons. The van der Waals surface area contributed by atoms with E-state index < -0.39 is 18.3 Å². The number of nitrogens with zero attached hydrogens (tertiary/aromatic N) is 2. The molecule has 0 radical (unpaired) electrons. The summed E-state index contributed by atoms with van der Waals surface area (Å²) in [6.07, 6.45) is 3.16. The van der Waals surface area contributed by atoms with E-state index in [-0.39, 0.29) is 0 Å². The van der Waals surface area contributed by atoms with Crippen LogP contribution in [-0.4, -0.2) is 23.3 Å². The van der Waals surface area contributed by atoms with E-state index in [4.69, 9.17) is 14.6 Å². The molecule has 4 nitrogen and oxygen atoms in total. The molecule has 0 atom stereocenters. The highest BCUT2D eigenvalue weighted by molar-refractivity contribution is 9.10. The van der Waals surface area contributed by atoms with Crippen LogP contribution in [0.1, 0.15) is 33.3 Å². The Morgan fingerprint density at radius 2 is 1.78 bits per heavy atom. The number of hydrogen-bond donors (Lipinski definition) is 0. The summed E-state index contributed by atoms with van der Waals surface area (Å²) in [5.74, 6) is 0. The Morgan fingerprint density at radius 3 is 2.28 bits per heavy atom. The van der Waals surface area contributed by atoms with Crippen LogP contribution in [0.3, 0.4) is 0 Å². The van der Waals surface area contributed by atoms with Crippen LogP contribution in [0.2, 0.25) is 0 Å². The van der Waals surface area contributed by atoms with Crippen molar-refractivity contribution in [2.24, 2.45) is 0 Å². The average Bonchev–Trinajstić information content (AvgIpc) is 2.47. The summed E-state index contributed by atoms with van der Waals surface area (Å²) in [4.78, 5) is 3.98. The summed E-state index contributed by atoms with van der Waals surface area (Å²) >= 11 is 3.40. The normalized spacial score (nSPS) is 20.8. The van der Waals surface area contributed by atoms with Crippen molar-refractivity contribution >= 4 is 28.5 Å². The van der Waals surface area contributed by atoms with Gasteiger partial charge in [-0.25, -0.2) is 0 Å². The van der Waals surface area contributed by atoms with Crippen LogP contribution in [-0.2, 0) is 9.31 Å². The van der Waals surface area contributed by atoms with E-state index in [0.717, 1.165) is 4.47 Å². The number of hydrogen-bond acceptors (Lipinski definition) is 4. The zero-order valence-electron chi connectivity index (χ0n) is 10.8. The number of nitriles is 1. The zero-order valence-corrected chi connectivity index (χ0v) is 12.4. The molecule has 1 aliphatic heterocycles. The molecule has 0 amide bonds. The minimum absolute atomic E-state index is 0.424. The van der Waals surface area contributed by atoms with Gasteiger partial charge in [-0.2, -0.15) is 5.26 Å². The largest absolute Gasteiger partial charge is 0.497 e. The summed E-state index contributed by atoms with van der Waals surface area (Å²) in [6, 6.07) is 2.12. The molecule has 18 heavy (non-hydrogen) atoms. The summed E-state index contributed by atoms with van der Waals surface area (Å²) in [6.45, 7) is 7.92. The molecule has 1 fully saturated rings. The van der Waals surface area contributed by atoms with Gasteiger partial charge in [-0.1, -0.05) is 0 Å². The molecule has 0 aromatic carbocycles. The molecule has 2 rings (SSSR count).